The first-order valence-electron chi connectivity index (χ1n) is 9.89. The third kappa shape index (κ3) is 3.71. The highest BCUT2D eigenvalue weighted by Gasteiger charge is 2.50. The topological polar surface area (TPSA) is 77.7 Å². The average Bonchev–Trinajstić information content (AvgIpc) is 3.30. The molecule has 31 heavy (non-hydrogen) atoms. The number of fused-ring (bicyclic) bond motifs is 1. The van der Waals surface area contributed by atoms with Crippen LogP contribution in [0.2, 0.25) is 0 Å². The molecule has 2 aromatic carbocycles. The lowest BCUT2D eigenvalue weighted by Gasteiger charge is -2.42. The summed E-state index contributed by atoms with van der Waals surface area (Å²) in [5.74, 6) is 0.0331. The van der Waals surface area contributed by atoms with E-state index in [1.807, 2.05) is 54.9 Å². The molecule has 0 spiro atoms. The number of nitrogens with zero attached hydrogens (tertiary/aromatic N) is 2. The summed E-state index contributed by atoms with van der Waals surface area (Å²) in [4.78, 5) is 16.2. The number of hydrogen-bond donors (Lipinski definition) is 2. The van der Waals surface area contributed by atoms with Crippen LogP contribution in [-0.2, 0) is 19.2 Å². The van der Waals surface area contributed by atoms with Crippen LogP contribution in [0.15, 0.2) is 65.2 Å². The fourth-order valence-corrected chi connectivity index (χ4v) is 4.85. The number of anilines is 2. The first kappa shape index (κ1) is 20.4. The van der Waals surface area contributed by atoms with E-state index in [2.05, 4.69) is 10.8 Å². The van der Waals surface area contributed by atoms with Crippen LogP contribution in [0.4, 0.5) is 11.4 Å². The maximum atomic E-state index is 13.3. The number of rotatable bonds is 7. The van der Waals surface area contributed by atoms with Gasteiger partial charge in [-0.15, -0.1) is 0 Å². The summed E-state index contributed by atoms with van der Waals surface area (Å²) >= 11 is 2.78. The van der Waals surface area contributed by atoms with Crippen molar-refractivity contribution < 1.29 is 13.8 Å². The van der Waals surface area contributed by atoms with E-state index >= 15 is 0 Å². The van der Waals surface area contributed by atoms with E-state index in [1.54, 1.807) is 9.96 Å². The molecule has 3 aliphatic heterocycles. The molecule has 0 saturated carbocycles. The van der Waals surface area contributed by atoms with Crippen LogP contribution in [0.1, 0.15) is 5.56 Å². The van der Waals surface area contributed by atoms with Gasteiger partial charge in [0.1, 0.15) is 5.41 Å². The second-order valence-corrected chi connectivity index (χ2v) is 9.05. The van der Waals surface area contributed by atoms with E-state index in [4.69, 9.17) is 14.4 Å². The maximum absolute atomic E-state index is 13.3. The average molecular weight is 455 g/mol. The Morgan fingerprint density at radius 3 is 2.71 bits per heavy atom. The fourth-order valence-electron chi connectivity index (χ4n) is 3.90. The van der Waals surface area contributed by atoms with Gasteiger partial charge in [0.05, 0.1) is 36.8 Å². The molecule has 3 heterocycles. The van der Waals surface area contributed by atoms with Crippen molar-refractivity contribution in [2.24, 2.45) is 0 Å². The summed E-state index contributed by atoms with van der Waals surface area (Å²) in [5, 5.41) is 10.1. The molecule has 0 bridgehead atoms. The number of carbonyl (C=O) groups is 1. The second kappa shape index (κ2) is 8.23. The smallest absolute Gasteiger partial charge is 0.238 e. The second-order valence-electron chi connectivity index (χ2n) is 7.66. The Balaban J connectivity index is 1.21. The summed E-state index contributed by atoms with van der Waals surface area (Å²) in [5.41, 5.74) is 3.78. The van der Waals surface area contributed by atoms with Gasteiger partial charge in [0.15, 0.2) is 0 Å². The zero-order valence-electron chi connectivity index (χ0n) is 17.0. The highest BCUT2D eigenvalue weighted by molar-refractivity contribution is 7.97. The van der Waals surface area contributed by atoms with Crippen molar-refractivity contribution >= 4 is 47.0 Å². The van der Waals surface area contributed by atoms with E-state index in [0.717, 1.165) is 27.4 Å². The molecule has 0 aromatic heterocycles. The van der Waals surface area contributed by atoms with Crippen LogP contribution >= 0.6 is 24.0 Å². The van der Waals surface area contributed by atoms with Crippen LogP contribution in [0.5, 0.6) is 0 Å². The molecule has 2 aromatic rings. The SMILES string of the molecule is CSON1c2ccc(SN/C=C3/CN(C(=O)C4(c5ccccc5)COC4)CC3=N)cc21. The molecule has 0 unspecified atom stereocenters. The standard InChI is InChI=1S/C22H22N4O3S2/c1-30-29-26-19-8-7-17(9-20(19)26)31-24-10-15-11-25(12-18(15)23)21(27)22(13-28-14-22)16-5-3-2-4-6-16/h2-10,23-24H,11-14H2,1H3/b15-10-,23-18?. The molecule has 1 amide bonds. The number of likely N-dealkylation sites (tertiary alicyclic amines) is 1. The lowest BCUT2D eigenvalue weighted by Crippen LogP contribution is -2.58. The molecule has 0 atom stereocenters. The molecule has 9 heteroatoms. The molecule has 160 valence electrons. The van der Waals surface area contributed by atoms with Gasteiger partial charge < -0.3 is 19.8 Å². The molecule has 0 aliphatic carbocycles. The van der Waals surface area contributed by atoms with E-state index in [-0.39, 0.29) is 5.91 Å². The van der Waals surface area contributed by atoms with Gasteiger partial charge in [-0.05, 0) is 35.7 Å². The molecule has 5 rings (SSSR count). The summed E-state index contributed by atoms with van der Waals surface area (Å²) in [6.45, 7) is 1.54. The molecule has 2 saturated heterocycles. The monoisotopic (exact) mass is 454 g/mol. The Kier molecular flexibility index (Phi) is 5.43. The number of hydrogen-bond acceptors (Lipinski definition) is 8. The maximum Gasteiger partial charge on any atom is 0.238 e. The minimum absolute atomic E-state index is 0.0331. The van der Waals surface area contributed by atoms with E-state index in [9.17, 15) is 4.79 Å². The quantitative estimate of drug-likeness (QED) is 0.376. The highest BCUT2D eigenvalue weighted by atomic mass is 32.2. The minimum atomic E-state index is -0.628. The number of amides is 1. The zero-order valence-corrected chi connectivity index (χ0v) is 18.6. The van der Waals surface area contributed by atoms with E-state index in [0.29, 0.717) is 32.0 Å². The van der Waals surface area contributed by atoms with Crippen molar-refractivity contribution in [1.29, 1.82) is 5.41 Å². The van der Waals surface area contributed by atoms with Gasteiger partial charge in [0.2, 0.25) is 5.91 Å². The van der Waals surface area contributed by atoms with Crippen molar-refractivity contribution in [3.63, 3.8) is 0 Å². The van der Waals surface area contributed by atoms with Crippen molar-refractivity contribution in [2.45, 2.75) is 10.3 Å². The van der Waals surface area contributed by atoms with Gasteiger partial charge in [-0.2, -0.15) is 4.28 Å². The third-order valence-corrected chi connectivity index (χ3v) is 6.73. The highest BCUT2D eigenvalue weighted by Crippen LogP contribution is 2.50. The summed E-state index contributed by atoms with van der Waals surface area (Å²) in [7, 11) is 0. The van der Waals surface area contributed by atoms with Crippen molar-refractivity contribution in [1.82, 2.24) is 9.62 Å². The van der Waals surface area contributed by atoms with E-state index < -0.39 is 5.41 Å². The Bertz CT molecular complexity index is 1060. The number of carbonyl (C=O) groups excluding carboxylic acids is 1. The predicted molar refractivity (Wildman–Crippen MR) is 124 cm³/mol. The number of benzene rings is 2. The first-order valence-corrected chi connectivity index (χ1v) is 11.9. The molecule has 2 fully saturated rings. The molecular formula is C22H22N4O3S2. The fraction of sp³-hybridized carbons (Fsp3) is 0.273. The van der Waals surface area contributed by atoms with Gasteiger partial charge in [0.25, 0.3) is 0 Å². The molecule has 0 radical (unpaired) electrons. The molecule has 3 aliphatic rings. The summed E-state index contributed by atoms with van der Waals surface area (Å²) in [6, 6.07) is 15.9. The Hall–Kier alpha value is -2.46. The van der Waals surface area contributed by atoms with Crippen LogP contribution in [0, 0.1) is 5.41 Å². The zero-order chi connectivity index (χ0) is 21.4. The van der Waals surface area contributed by atoms with Crippen LogP contribution in [-0.4, -0.2) is 49.1 Å². The first-order chi connectivity index (χ1) is 15.1. The van der Waals surface area contributed by atoms with Crippen LogP contribution in [0.3, 0.4) is 0 Å². The Morgan fingerprint density at radius 2 is 2.00 bits per heavy atom. The molecule has 7 nitrogen and oxygen atoms in total. The molecular weight excluding hydrogens is 432 g/mol. The van der Waals surface area contributed by atoms with Gasteiger partial charge in [-0.3, -0.25) is 4.79 Å². The Morgan fingerprint density at radius 1 is 1.19 bits per heavy atom. The lowest BCUT2D eigenvalue weighted by molar-refractivity contribution is -0.154. The normalized spacial score (nSPS) is 19.9. The van der Waals surface area contributed by atoms with Gasteiger partial charge in [0, 0.05) is 41.5 Å². The van der Waals surface area contributed by atoms with E-state index in [1.165, 1.54) is 24.0 Å². The van der Waals surface area contributed by atoms with Crippen molar-refractivity contribution in [3.05, 3.63) is 65.9 Å². The predicted octanol–water partition coefficient (Wildman–Crippen LogP) is 3.66. The Labute approximate surface area is 189 Å². The van der Waals surface area contributed by atoms with Gasteiger partial charge in [-0.1, -0.05) is 30.3 Å². The lowest BCUT2D eigenvalue weighted by atomic mass is 9.77. The van der Waals surface area contributed by atoms with Gasteiger partial charge in [-0.25, -0.2) is 5.06 Å². The summed E-state index contributed by atoms with van der Waals surface area (Å²) < 4.78 is 14.1. The summed E-state index contributed by atoms with van der Waals surface area (Å²) in [6.07, 6.45) is 3.71. The van der Waals surface area contributed by atoms with Crippen LogP contribution in [0.25, 0.3) is 0 Å². The minimum Gasteiger partial charge on any atom is -0.378 e. The van der Waals surface area contributed by atoms with Crippen molar-refractivity contribution in [2.75, 3.05) is 37.6 Å². The number of ether oxygens (including phenoxy) is 1. The largest absolute Gasteiger partial charge is 0.378 e. The van der Waals surface area contributed by atoms with Gasteiger partial charge >= 0.3 is 0 Å². The molecule has 2 N–H and O–H groups in total. The van der Waals surface area contributed by atoms with Crippen LogP contribution < -0.4 is 9.79 Å². The number of nitrogens with one attached hydrogen (secondary N) is 2. The third-order valence-electron chi connectivity index (χ3n) is 5.71. The van der Waals surface area contributed by atoms with Crippen molar-refractivity contribution in [3.8, 4) is 0 Å².